The first-order chi connectivity index (χ1) is 11.8. The van der Waals surface area contributed by atoms with Crippen LogP contribution in [0.2, 0.25) is 0 Å². The lowest BCUT2D eigenvalue weighted by molar-refractivity contribution is -0.140. The number of amides is 3. The predicted octanol–water partition coefficient (Wildman–Crippen LogP) is -1.61. The van der Waals surface area contributed by atoms with Gasteiger partial charge in [0, 0.05) is 38.2 Å². The van der Waals surface area contributed by atoms with Gasteiger partial charge >= 0.3 is 11.7 Å². The second-order valence-corrected chi connectivity index (χ2v) is 6.59. The second kappa shape index (κ2) is 6.36. The molecule has 0 unspecified atom stereocenters. The number of nitrogens with one attached hydrogen (secondary N) is 2. The molecule has 136 valence electrons. The summed E-state index contributed by atoms with van der Waals surface area (Å²) in [6.07, 6.45) is 3.43. The summed E-state index contributed by atoms with van der Waals surface area (Å²) < 4.78 is 1.48. The van der Waals surface area contributed by atoms with E-state index in [4.69, 9.17) is 5.73 Å². The average molecular weight is 351 g/mol. The highest BCUT2D eigenvalue weighted by Gasteiger charge is 2.38. The number of aromatic amines is 1. The molecule has 0 spiro atoms. The van der Waals surface area contributed by atoms with Gasteiger partial charge in [-0.2, -0.15) is 0 Å². The highest BCUT2D eigenvalue weighted by atomic mass is 16.3. The Bertz CT molecular complexity index is 801. The molecule has 10 heteroatoms. The van der Waals surface area contributed by atoms with Crippen LogP contribution in [0.5, 0.6) is 0 Å². The number of nitrogens with zero attached hydrogens (tertiary/aromatic N) is 2. The van der Waals surface area contributed by atoms with Gasteiger partial charge < -0.3 is 21.1 Å². The van der Waals surface area contributed by atoms with Gasteiger partial charge in [-0.05, 0) is 12.8 Å². The van der Waals surface area contributed by atoms with Crippen molar-refractivity contribution in [2.45, 2.75) is 43.9 Å². The quantitative estimate of drug-likeness (QED) is 0.515. The molecular formula is C15H21N5O5. The number of aliphatic hydroxyl groups is 1. The van der Waals surface area contributed by atoms with E-state index >= 15 is 0 Å². The van der Waals surface area contributed by atoms with E-state index in [-0.39, 0.29) is 38.5 Å². The molecule has 1 saturated heterocycles. The molecule has 10 nitrogen and oxygen atoms in total. The van der Waals surface area contributed by atoms with Gasteiger partial charge in [0.05, 0.1) is 12.1 Å². The van der Waals surface area contributed by atoms with Gasteiger partial charge in [-0.1, -0.05) is 0 Å². The zero-order chi connectivity index (χ0) is 18.2. The van der Waals surface area contributed by atoms with Crippen molar-refractivity contribution >= 4 is 11.9 Å². The summed E-state index contributed by atoms with van der Waals surface area (Å²) in [6.45, 7) is 0.351. The van der Waals surface area contributed by atoms with Crippen LogP contribution >= 0.6 is 0 Å². The fourth-order valence-corrected chi connectivity index (χ4v) is 2.89. The lowest BCUT2D eigenvalue weighted by Crippen LogP contribution is -2.55. The lowest BCUT2D eigenvalue weighted by Gasteiger charge is -2.35. The highest BCUT2D eigenvalue weighted by Crippen LogP contribution is 2.33. The summed E-state index contributed by atoms with van der Waals surface area (Å²) in [4.78, 5) is 50.7. The Morgan fingerprint density at radius 1 is 1.32 bits per heavy atom. The lowest BCUT2D eigenvalue weighted by atomic mass is 9.91. The van der Waals surface area contributed by atoms with Gasteiger partial charge in [0.15, 0.2) is 0 Å². The third kappa shape index (κ3) is 3.58. The monoisotopic (exact) mass is 351 g/mol. The van der Waals surface area contributed by atoms with E-state index in [2.05, 4.69) is 10.3 Å². The Labute approximate surface area is 142 Å². The summed E-state index contributed by atoms with van der Waals surface area (Å²) in [5.74, 6) is -0.790. The van der Waals surface area contributed by atoms with Crippen LogP contribution in [0.4, 0.5) is 4.79 Å². The Kier molecular flexibility index (Phi) is 4.38. The first-order valence-corrected chi connectivity index (χ1v) is 8.19. The molecule has 1 aromatic rings. The number of urea groups is 1. The molecule has 0 aromatic carbocycles. The van der Waals surface area contributed by atoms with Crippen molar-refractivity contribution in [3.63, 3.8) is 0 Å². The maximum Gasteiger partial charge on any atom is 0.328 e. The Hall–Kier alpha value is -2.62. The summed E-state index contributed by atoms with van der Waals surface area (Å²) in [5.41, 5.74) is 2.91. The van der Waals surface area contributed by atoms with Crippen molar-refractivity contribution in [3.05, 3.63) is 32.6 Å². The number of nitrogens with two attached hydrogens (primary N) is 1. The molecule has 1 saturated carbocycles. The molecule has 1 aliphatic carbocycles. The van der Waals surface area contributed by atoms with E-state index < -0.39 is 28.8 Å². The van der Waals surface area contributed by atoms with E-state index in [1.165, 1.54) is 15.7 Å². The van der Waals surface area contributed by atoms with Gasteiger partial charge in [-0.15, -0.1) is 0 Å². The molecule has 1 aliphatic heterocycles. The van der Waals surface area contributed by atoms with Crippen molar-refractivity contribution in [2.24, 2.45) is 5.73 Å². The largest absolute Gasteiger partial charge is 0.380 e. The van der Waals surface area contributed by atoms with Crippen molar-refractivity contribution in [2.75, 3.05) is 13.1 Å². The summed E-state index contributed by atoms with van der Waals surface area (Å²) in [6, 6.07) is -0.289. The van der Waals surface area contributed by atoms with Crippen molar-refractivity contribution < 1.29 is 14.7 Å². The minimum absolute atomic E-state index is 0.0161. The van der Waals surface area contributed by atoms with Crippen molar-refractivity contribution in [3.8, 4) is 0 Å². The number of carbonyl (C=O) groups is 2. The number of H-pyrrole nitrogens is 1. The maximum absolute atomic E-state index is 12.2. The number of piperidine rings is 1. The molecule has 0 bridgehead atoms. The topological polar surface area (TPSA) is 151 Å². The maximum atomic E-state index is 12.2. The van der Waals surface area contributed by atoms with Crippen LogP contribution in [0.15, 0.2) is 15.8 Å². The molecule has 1 aromatic heterocycles. The zero-order valence-corrected chi connectivity index (χ0v) is 13.7. The van der Waals surface area contributed by atoms with E-state index in [9.17, 15) is 24.3 Å². The first kappa shape index (κ1) is 17.2. The number of aromatic nitrogens is 2. The molecule has 3 amide bonds. The third-order valence-electron chi connectivity index (χ3n) is 4.75. The predicted molar refractivity (Wildman–Crippen MR) is 86.8 cm³/mol. The second-order valence-electron chi connectivity index (χ2n) is 6.59. The van der Waals surface area contributed by atoms with Crippen LogP contribution in [0.3, 0.4) is 0 Å². The number of hydrogen-bond acceptors (Lipinski definition) is 5. The summed E-state index contributed by atoms with van der Waals surface area (Å²) >= 11 is 0. The average Bonchev–Trinajstić information content (AvgIpc) is 3.39. The summed E-state index contributed by atoms with van der Waals surface area (Å²) in [7, 11) is 0. The molecule has 2 aliphatic rings. The minimum atomic E-state index is -1.58. The van der Waals surface area contributed by atoms with E-state index in [0.29, 0.717) is 5.56 Å². The van der Waals surface area contributed by atoms with Crippen LogP contribution in [0.1, 0.15) is 37.3 Å². The van der Waals surface area contributed by atoms with E-state index in [1.54, 1.807) is 0 Å². The fraction of sp³-hybridized carbons (Fsp3) is 0.600. The summed E-state index contributed by atoms with van der Waals surface area (Å²) in [5, 5.41) is 12.6. The van der Waals surface area contributed by atoms with Gasteiger partial charge in [-0.3, -0.25) is 19.1 Å². The van der Waals surface area contributed by atoms with Crippen LogP contribution < -0.4 is 22.3 Å². The number of hydrogen-bond donors (Lipinski definition) is 4. The SMILES string of the molecule is NC(=O)C1(O)CCN(C(=O)NCc2cn(C3CC3)c(=O)[nH]c2=O)CC1. The van der Waals surface area contributed by atoms with E-state index in [1.807, 2.05) is 0 Å². The molecule has 25 heavy (non-hydrogen) atoms. The van der Waals surface area contributed by atoms with Crippen LogP contribution in [-0.2, 0) is 11.3 Å². The fourth-order valence-electron chi connectivity index (χ4n) is 2.89. The molecule has 2 fully saturated rings. The van der Waals surface area contributed by atoms with Gasteiger partial charge in [0.1, 0.15) is 5.60 Å². The van der Waals surface area contributed by atoms with Gasteiger partial charge in [-0.25, -0.2) is 9.59 Å². The minimum Gasteiger partial charge on any atom is -0.380 e. The third-order valence-corrected chi connectivity index (χ3v) is 4.75. The Balaban J connectivity index is 1.60. The number of likely N-dealkylation sites (tertiary alicyclic amines) is 1. The van der Waals surface area contributed by atoms with Crippen LogP contribution in [0, 0.1) is 0 Å². The zero-order valence-electron chi connectivity index (χ0n) is 13.7. The van der Waals surface area contributed by atoms with Gasteiger partial charge in [0.2, 0.25) is 5.91 Å². The normalized spacial score (nSPS) is 19.5. The van der Waals surface area contributed by atoms with Crippen LogP contribution in [0.25, 0.3) is 0 Å². The first-order valence-electron chi connectivity index (χ1n) is 8.19. The molecule has 5 N–H and O–H groups in total. The number of rotatable bonds is 4. The van der Waals surface area contributed by atoms with Crippen molar-refractivity contribution in [1.82, 2.24) is 19.8 Å². The van der Waals surface area contributed by atoms with Crippen LogP contribution in [-0.4, -0.2) is 50.2 Å². The smallest absolute Gasteiger partial charge is 0.328 e. The molecular weight excluding hydrogens is 330 g/mol. The van der Waals surface area contributed by atoms with Gasteiger partial charge in [0.25, 0.3) is 5.56 Å². The molecule has 3 rings (SSSR count). The van der Waals surface area contributed by atoms with Crippen molar-refractivity contribution in [1.29, 1.82) is 0 Å². The molecule has 0 atom stereocenters. The molecule has 2 heterocycles. The Morgan fingerprint density at radius 2 is 1.96 bits per heavy atom. The standard InChI is InChI=1S/C15H21N5O5/c16-12(22)15(25)3-5-19(6-4-15)13(23)17-7-9-8-20(10-1-2-10)14(24)18-11(9)21/h8,10,25H,1-7H2,(H2,16,22)(H,17,23)(H,18,21,24). The molecule has 0 radical (unpaired) electrons. The number of carbonyl (C=O) groups excluding carboxylic acids is 2. The highest BCUT2D eigenvalue weighted by molar-refractivity contribution is 5.83. The van der Waals surface area contributed by atoms with E-state index in [0.717, 1.165) is 12.8 Å². The number of primary amides is 1. The Morgan fingerprint density at radius 3 is 2.52 bits per heavy atom.